The topological polar surface area (TPSA) is 64.4 Å². The number of non-ortho nitro benzene ring substituents is 1. The molecule has 0 radical (unpaired) electrons. The monoisotopic (exact) mass is 258 g/mol. The summed E-state index contributed by atoms with van der Waals surface area (Å²) in [5.41, 5.74) is 0.759. The Kier molecular flexibility index (Phi) is 5.34. The van der Waals surface area contributed by atoms with E-state index in [4.69, 9.17) is 16.3 Å². The zero-order chi connectivity index (χ0) is 12.8. The average molecular weight is 259 g/mol. The van der Waals surface area contributed by atoms with E-state index in [1.807, 2.05) is 6.92 Å². The lowest BCUT2D eigenvalue weighted by molar-refractivity contribution is -0.384. The van der Waals surface area contributed by atoms with Gasteiger partial charge in [0, 0.05) is 37.4 Å². The first-order chi connectivity index (χ1) is 8.04. The van der Waals surface area contributed by atoms with Gasteiger partial charge in [-0.15, -0.1) is 0 Å². The van der Waals surface area contributed by atoms with Gasteiger partial charge in [0.25, 0.3) is 5.69 Å². The minimum atomic E-state index is -0.433. The smallest absolute Gasteiger partial charge is 0.269 e. The molecule has 0 spiro atoms. The third-order valence-electron chi connectivity index (χ3n) is 2.39. The molecule has 1 atom stereocenters. The third-order valence-corrected chi connectivity index (χ3v) is 2.76. The van der Waals surface area contributed by atoms with Crippen LogP contribution in [0.4, 0.5) is 5.69 Å². The molecule has 0 bridgehead atoms. The number of benzene rings is 1. The second-order valence-electron chi connectivity index (χ2n) is 3.71. The number of nitrogens with zero attached hydrogens (tertiary/aromatic N) is 1. The molecule has 17 heavy (non-hydrogen) atoms. The molecule has 1 rings (SSSR count). The molecule has 5 nitrogen and oxygen atoms in total. The van der Waals surface area contributed by atoms with Gasteiger partial charge < -0.3 is 10.1 Å². The number of hydrogen-bond donors (Lipinski definition) is 1. The normalized spacial score (nSPS) is 12.4. The Bertz CT molecular complexity index is 398. The fraction of sp³-hybridized carbons (Fsp3) is 0.455. The maximum Gasteiger partial charge on any atom is 0.269 e. The highest BCUT2D eigenvalue weighted by Gasteiger charge is 2.09. The minimum Gasteiger partial charge on any atom is -0.380 e. The van der Waals surface area contributed by atoms with Crippen LogP contribution in [0.5, 0.6) is 0 Å². The number of methoxy groups -OCH3 is 1. The quantitative estimate of drug-likeness (QED) is 0.628. The number of nitrogens with one attached hydrogen (secondary N) is 1. The molecule has 94 valence electrons. The SMILES string of the molecule is COC(C)CNCc1cc([N+](=O)[O-])ccc1Cl. The molecule has 6 heteroatoms. The standard InChI is InChI=1S/C11H15ClN2O3/c1-8(17-2)6-13-7-9-5-10(14(15)16)3-4-11(9)12/h3-5,8,13H,6-7H2,1-2H3. The van der Waals surface area contributed by atoms with Crippen LogP contribution in [0.15, 0.2) is 18.2 Å². The van der Waals surface area contributed by atoms with Gasteiger partial charge >= 0.3 is 0 Å². The molecule has 1 unspecified atom stereocenters. The van der Waals surface area contributed by atoms with Crippen LogP contribution in [-0.2, 0) is 11.3 Å². The fourth-order valence-corrected chi connectivity index (χ4v) is 1.49. The number of nitro groups is 1. The summed E-state index contributed by atoms with van der Waals surface area (Å²) in [7, 11) is 1.63. The van der Waals surface area contributed by atoms with E-state index in [1.54, 1.807) is 7.11 Å². The van der Waals surface area contributed by atoms with Crippen LogP contribution in [-0.4, -0.2) is 24.7 Å². The summed E-state index contributed by atoms with van der Waals surface area (Å²) in [4.78, 5) is 10.2. The molecule has 0 fully saturated rings. The highest BCUT2D eigenvalue weighted by Crippen LogP contribution is 2.21. The number of rotatable bonds is 6. The first-order valence-electron chi connectivity index (χ1n) is 5.21. The Morgan fingerprint density at radius 2 is 2.29 bits per heavy atom. The van der Waals surface area contributed by atoms with E-state index in [0.29, 0.717) is 23.7 Å². The largest absolute Gasteiger partial charge is 0.380 e. The maximum atomic E-state index is 10.6. The molecule has 1 aromatic carbocycles. The van der Waals surface area contributed by atoms with E-state index >= 15 is 0 Å². The number of nitro benzene ring substituents is 1. The van der Waals surface area contributed by atoms with Crippen LogP contribution in [0.2, 0.25) is 5.02 Å². The lowest BCUT2D eigenvalue weighted by Crippen LogP contribution is -2.25. The van der Waals surface area contributed by atoms with Gasteiger partial charge in [0.05, 0.1) is 11.0 Å². The van der Waals surface area contributed by atoms with Gasteiger partial charge in [-0.3, -0.25) is 10.1 Å². The second kappa shape index (κ2) is 6.54. The molecule has 0 aliphatic rings. The van der Waals surface area contributed by atoms with Crippen LogP contribution in [0, 0.1) is 10.1 Å². The zero-order valence-corrected chi connectivity index (χ0v) is 10.5. The fourth-order valence-electron chi connectivity index (χ4n) is 1.30. The van der Waals surface area contributed by atoms with Crippen molar-refractivity contribution in [3.05, 3.63) is 38.9 Å². The van der Waals surface area contributed by atoms with E-state index < -0.39 is 4.92 Å². The van der Waals surface area contributed by atoms with Gasteiger partial charge in [-0.25, -0.2) is 0 Å². The molecule has 0 aromatic heterocycles. The van der Waals surface area contributed by atoms with Gasteiger partial charge in [0.15, 0.2) is 0 Å². The predicted octanol–water partition coefficient (Wildman–Crippen LogP) is 2.37. The number of hydrogen-bond acceptors (Lipinski definition) is 4. The van der Waals surface area contributed by atoms with E-state index in [1.165, 1.54) is 18.2 Å². The van der Waals surface area contributed by atoms with Crippen molar-refractivity contribution >= 4 is 17.3 Å². The van der Waals surface area contributed by atoms with E-state index in [-0.39, 0.29) is 11.8 Å². The molecule has 0 saturated carbocycles. The Hall–Kier alpha value is -1.17. The summed E-state index contributed by atoms with van der Waals surface area (Å²) in [6, 6.07) is 4.41. The average Bonchev–Trinajstić information content (AvgIpc) is 2.30. The highest BCUT2D eigenvalue weighted by atomic mass is 35.5. The van der Waals surface area contributed by atoms with Crippen molar-refractivity contribution in [2.45, 2.75) is 19.6 Å². The number of halogens is 1. The van der Waals surface area contributed by atoms with Crippen LogP contribution in [0.25, 0.3) is 0 Å². The van der Waals surface area contributed by atoms with E-state index in [0.717, 1.165) is 0 Å². The molecule has 0 heterocycles. The van der Waals surface area contributed by atoms with Gasteiger partial charge in [-0.05, 0) is 18.6 Å². The van der Waals surface area contributed by atoms with Gasteiger partial charge in [0.1, 0.15) is 0 Å². The summed E-state index contributed by atoms with van der Waals surface area (Å²) < 4.78 is 5.08. The van der Waals surface area contributed by atoms with Gasteiger partial charge in [-0.1, -0.05) is 11.6 Å². The first-order valence-corrected chi connectivity index (χ1v) is 5.58. The summed E-state index contributed by atoms with van der Waals surface area (Å²) >= 11 is 5.96. The van der Waals surface area contributed by atoms with E-state index in [9.17, 15) is 10.1 Å². The lowest BCUT2D eigenvalue weighted by Gasteiger charge is -2.11. The maximum absolute atomic E-state index is 10.6. The van der Waals surface area contributed by atoms with Crippen LogP contribution < -0.4 is 5.32 Å². The minimum absolute atomic E-state index is 0.0472. The van der Waals surface area contributed by atoms with Crippen LogP contribution in [0.3, 0.4) is 0 Å². The van der Waals surface area contributed by atoms with Crippen LogP contribution in [0.1, 0.15) is 12.5 Å². The van der Waals surface area contributed by atoms with Crippen molar-refractivity contribution in [1.29, 1.82) is 0 Å². The van der Waals surface area contributed by atoms with Crippen molar-refractivity contribution in [1.82, 2.24) is 5.32 Å². The molecule has 1 aromatic rings. The molecule has 1 N–H and O–H groups in total. The van der Waals surface area contributed by atoms with Crippen LogP contribution >= 0.6 is 11.6 Å². The third kappa shape index (κ3) is 4.30. The molecular formula is C11H15ClN2O3. The summed E-state index contributed by atoms with van der Waals surface area (Å²) in [5.74, 6) is 0. The van der Waals surface area contributed by atoms with Crippen molar-refractivity contribution in [2.24, 2.45) is 0 Å². The Morgan fingerprint density at radius 1 is 1.59 bits per heavy atom. The lowest BCUT2D eigenvalue weighted by atomic mass is 10.2. The van der Waals surface area contributed by atoms with Crippen molar-refractivity contribution in [3.8, 4) is 0 Å². The molecule has 0 amide bonds. The summed E-state index contributed by atoms with van der Waals surface area (Å²) in [6.45, 7) is 3.08. The van der Waals surface area contributed by atoms with Crippen molar-refractivity contribution in [3.63, 3.8) is 0 Å². The Morgan fingerprint density at radius 3 is 2.88 bits per heavy atom. The highest BCUT2D eigenvalue weighted by molar-refractivity contribution is 6.31. The Labute approximate surface area is 105 Å². The molecule has 0 aliphatic heterocycles. The zero-order valence-electron chi connectivity index (χ0n) is 9.77. The number of ether oxygens (including phenoxy) is 1. The van der Waals surface area contributed by atoms with Gasteiger partial charge in [0.2, 0.25) is 0 Å². The van der Waals surface area contributed by atoms with Crippen molar-refractivity contribution < 1.29 is 9.66 Å². The first kappa shape index (κ1) is 13.9. The van der Waals surface area contributed by atoms with Crippen molar-refractivity contribution in [2.75, 3.05) is 13.7 Å². The molecular weight excluding hydrogens is 244 g/mol. The second-order valence-corrected chi connectivity index (χ2v) is 4.12. The predicted molar refractivity (Wildman–Crippen MR) is 66.3 cm³/mol. The van der Waals surface area contributed by atoms with Gasteiger partial charge in [-0.2, -0.15) is 0 Å². The summed E-state index contributed by atoms with van der Waals surface area (Å²) in [6.07, 6.45) is 0.0903. The molecule has 0 aliphatic carbocycles. The molecule has 0 saturated heterocycles. The Balaban J connectivity index is 2.63. The van der Waals surface area contributed by atoms with E-state index in [2.05, 4.69) is 5.32 Å². The summed E-state index contributed by atoms with van der Waals surface area (Å²) in [5, 5.41) is 14.3.